The number of benzene rings is 1. The molecule has 1 atom stereocenters. The summed E-state index contributed by atoms with van der Waals surface area (Å²) in [6.45, 7) is 7.59. The first-order valence-electron chi connectivity index (χ1n) is 11.8. The van der Waals surface area contributed by atoms with Crippen molar-refractivity contribution in [3.63, 3.8) is 0 Å². The predicted molar refractivity (Wildman–Crippen MR) is 130 cm³/mol. The molecule has 33 heavy (non-hydrogen) atoms. The molecule has 4 rings (SSSR count). The van der Waals surface area contributed by atoms with E-state index in [1.807, 2.05) is 12.1 Å². The van der Waals surface area contributed by atoms with Gasteiger partial charge in [0.25, 0.3) is 5.91 Å². The van der Waals surface area contributed by atoms with E-state index in [1.54, 1.807) is 31.4 Å². The van der Waals surface area contributed by atoms with Crippen LogP contribution in [0.4, 0.5) is 10.2 Å². The van der Waals surface area contributed by atoms with Gasteiger partial charge in [-0.25, -0.2) is 9.37 Å². The van der Waals surface area contributed by atoms with Gasteiger partial charge in [-0.05, 0) is 44.5 Å². The number of hydrogen-bond donors (Lipinski definition) is 1. The van der Waals surface area contributed by atoms with Crippen molar-refractivity contribution in [3.05, 3.63) is 58.5 Å². The normalized spacial score (nSPS) is 20.7. The number of halogens is 2. The van der Waals surface area contributed by atoms with E-state index < -0.39 is 0 Å². The highest BCUT2D eigenvalue weighted by atomic mass is 35.5. The minimum absolute atomic E-state index is 0.114. The fourth-order valence-electron chi connectivity index (χ4n) is 5.11. The van der Waals surface area contributed by atoms with Crippen molar-refractivity contribution in [1.29, 1.82) is 0 Å². The Bertz CT molecular complexity index is 966. The van der Waals surface area contributed by atoms with Crippen LogP contribution in [0.2, 0.25) is 5.02 Å². The van der Waals surface area contributed by atoms with Crippen LogP contribution in [0.25, 0.3) is 0 Å². The second-order valence-corrected chi connectivity index (χ2v) is 9.36. The van der Waals surface area contributed by atoms with Gasteiger partial charge >= 0.3 is 0 Å². The summed E-state index contributed by atoms with van der Waals surface area (Å²) < 4.78 is 14.0. The van der Waals surface area contributed by atoms with E-state index in [-0.39, 0.29) is 11.7 Å². The molecule has 0 spiro atoms. The molecule has 0 radical (unpaired) electrons. The summed E-state index contributed by atoms with van der Waals surface area (Å²) in [5, 5.41) is 3.12. The molecule has 0 saturated carbocycles. The summed E-state index contributed by atoms with van der Waals surface area (Å²) in [6, 6.07) is 9.75. The summed E-state index contributed by atoms with van der Waals surface area (Å²) >= 11 is 6.50. The molecule has 6 nitrogen and oxygen atoms in total. The molecule has 1 N–H and O–H groups in total. The lowest BCUT2D eigenvalue weighted by Gasteiger charge is -2.47. The largest absolute Gasteiger partial charge is 0.355 e. The van der Waals surface area contributed by atoms with E-state index in [2.05, 4.69) is 31.9 Å². The van der Waals surface area contributed by atoms with Crippen molar-refractivity contribution in [2.24, 2.45) is 0 Å². The smallest absolute Gasteiger partial charge is 0.252 e. The van der Waals surface area contributed by atoms with Gasteiger partial charge in [0.2, 0.25) is 0 Å². The maximum atomic E-state index is 14.0. The Morgan fingerprint density at radius 1 is 1.21 bits per heavy atom. The molecule has 1 aromatic carbocycles. The van der Waals surface area contributed by atoms with Crippen LogP contribution in [0.5, 0.6) is 0 Å². The Kier molecular flexibility index (Phi) is 7.83. The Balaban J connectivity index is 1.35. The first-order chi connectivity index (χ1) is 16.0. The van der Waals surface area contributed by atoms with Gasteiger partial charge in [0.05, 0.1) is 10.6 Å². The summed E-state index contributed by atoms with van der Waals surface area (Å²) in [6.07, 6.45) is 4.86. The second kappa shape index (κ2) is 10.8. The Hall–Kier alpha value is -2.22. The number of anilines is 1. The monoisotopic (exact) mass is 473 g/mol. The first-order valence-corrected chi connectivity index (χ1v) is 12.2. The molecule has 178 valence electrons. The maximum Gasteiger partial charge on any atom is 0.252 e. The zero-order valence-corrected chi connectivity index (χ0v) is 20.2. The number of carbonyl (C=O) groups excluding carboxylic acids is 1. The van der Waals surface area contributed by atoms with E-state index in [0.29, 0.717) is 29.2 Å². The molecule has 8 heteroatoms. The van der Waals surface area contributed by atoms with Crippen LogP contribution in [0.3, 0.4) is 0 Å². The average molecular weight is 474 g/mol. The number of nitrogens with one attached hydrogen (secondary N) is 1. The van der Waals surface area contributed by atoms with Gasteiger partial charge in [-0.15, -0.1) is 0 Å². The molecule has 0 bridgehead atoms. The summed E-state index contributed by atoms with van der Waals surface area (Å²) in [7, 11) is 1.60. The van der Waals surface area contributed by atoms with Crippen LogP contribution in [-0.4, -0.2) is 72.5 Å². The number of aromatic nitrogens is 1. The number of rotatable bonds is 6. The topological polar surface area (TPSA) is 51.7 Å². The van der Waals surface area contributed by atoms with E-state index in [4.69, 9.17) is 11.6 Å². The Morgan fingerprint density at radius 2 is 1.97 bits per heavy atom. The van der Waals surface area contributed by atoms with Gasteiger partial charge in [0, 0.05) is 57.1 Å². The third-order valence-electron chi connectivity index (χ3n) is 6.99. The molecule has 1 aromatic heterocycles. The van der Waals surface area contributed by atoms with Gasteiger partial charge in [-0.2, -0.15) is 0 Å². The first kappa shape index (κ1) is 23.9. The highest BCUT2D eigenvalue weighted by Crippen LogP contribution is 2.30. The lowest BCUT2D eigenvalue weighted by Crippen LogP contribution is -2.58. The maximum absolute atomic E-state index is 14.0. The molecule has 2 aliphatic rings. The van der Waals surface area contributed by atoms with E-state index in [9.17, 15) is 9.18 Å². The van der Waals surface area contributed by atoms with Gasteiger partial charge in [0.15, 0.2) is 0 Å². The summed E-state index contributed by atoms with van der Waals surface area (Å²) in [5.41, 5.74) is 1.25. The molecule has 2 fully saturated rings. The molecule has 0 aliphatic carbocycles. The molecule has 1 amide bonds. The number of pyridine rings is 1. The highest BCUT2D eigenvalue weighted by molar-refractivity contribution is 6.33. The van der Waals surface area contributed by atoms with Crippen LogP contribution < -0.4 is 10.2 Å². The van der Waals surface area contributed by atoms with Crippen molar-refractivity contribution in [2.45, 2.75) is 44.8 Å². The average Bonchev–Trinajstić information content (AvgIpc) is 2.85. The zero-order valence-electron chi connectivity index (χ0n) is 19.4. The SMILES string of the molecule is CC[C@H]1CN(c2ncc(C(=O)NC)cc2Cl)CCN1C1CCN(Cc2ccccc2F)CC1. The molecule has 0 unspecified atom stereocenters. The third kappa shape index (κ3) is 5.48. The lowest BCUT2D eigenvalue weighted by molar-refractivity contribution is 0.0607. The van der Waals surface area contributed by atoms with Crippen LogP contribution in [0.1, 0.15) is 42.1 Å². The number of carbonyl (C=O) groups is 1. The van der Waals surface area contributed by atoms with Crippen LogP contribution in [0, 0.1) is 5.82 Å². The van der Waals surface area contributed by atoms with Gasteiger partial charge in [-0.1, -0.05) is 36.7 Å². The van der Waals surface area contributed by atoms with Gasteiger partial charge in [0.1, 0.15) is 11.6 Å². The number of likely N-dealkylation sites (tertiary alicyclic amines) is 1. The number of amides is 1. The fraction of sp³-hybridized carbons (Fsp3) is 0.520. The lowest BCUT2D eigenvalue weighted by atomic mass is 9.97. The molecule has 3 heterocycles. The molecule has 2 aliphatic heterocycles. The minimum Gasteiger partial charge on any atom is -0.355 e. The summed E-state index contributed by atoms with van der Waals surface area (Å²) in [4.78, 5) is 23.6. The standard InChI is InChI=1S/C25H33ClFN5O/c1-3-20-17-31(24-22(26)14-19(15-29-24)25(33)28-2)12-13-32(20)21-8-10-30(11-9-21)16-18-6-4-5-7-23(18)27/h4-7,14-15,20-21H,3,8-13,16-17H2,1-2H3,(H,28,33)/t20-/m0/s1. The van der Waals surface area contributed by atoms with Crippen LogP contribution in [-0.2, 0) is 6.54 Å². The summed E-state index contributed by atoms with van der Waals surface area (Å²) in [5.74, 6) is 0.452. The molecular formula is C25H33ClFN5O. The molecule has 2 aromatic rings. The number of piperidine rings is 1. The van der Waals surface area contributed by atoms with Crippen molar-refractivity contribution in [2.75, 3.05) is 44.7 Å². The second-order valence-electron chi connectivity index (χ2n) is 8.95. The zero-order chi connectivity index (χ0) is 23.4. The third-order valence-corrected chi connectivity index (χ3v) is 7.27. The van der Waals surface area contributed by atoms with Gasteiger partial charge in [-0.3, -0.25) is 14.6 Å². The van der Waals surface area contributed by atoms with Crippen LogP contribution in [0.15, 0.2) is 36.5 Å². The van der Waals surface area contributed by atoms with Gasteiger partial charge < -0.3 is 10.2 Å². The van der Waals surface area contributed by atoms with Crippen molar-refractivity contribution >= 4 is 23.3 Å². The van der Waals surface area contributed by atoms with E-state index in [0.717, 1.165) is 63.4 Å². The number of hydrogen-bond acceptors (Lipinski definition) is 5. The van der Waals surface area contributed by atoms with E-state index in [1.165, 1.54) is 0 Å². The highest BCUT2D eigenvalue weighted by Gasteiger charge is 2.34. The van der Waals surface area contributed by atoms with E-state index >= 15 is 0 Å². The predicted octanol–water partition coefficient (Wildman–Crippen LogP) is 3.80. The van der Waals surface area contributed by atoms with Crippen molar-refractivity contribution in [1.82, 2.24) is 20.1 Å². The number of nitrogens with zero attached hydrogens (tertiary/aromatic N) is 4. The Labute approximate surface area is 200 Å². The van der Waals surface area contributed by atoms with Crippen molar-refractivity contribution < 1.29 is 9.18 Å². The van der Waals surface area contributed by atoms with Crippen LogP contribution >= 0.6 is 11.6 Å². The Morgan fingerprint density at radius 3 is 2.64 bits per heavy atom. The quantitative estimate of drug-likeness (QED) is 0.691. The molecular weight excluding hydrogens is 441 g/mol. The minimum atomic E-state index is -0.187. The number of piperazine rings is 1. The molecule has 2 saturated heterocycles. The van der Waals surface area contributed by atoms with Crippen molar-refractivity contribution in [3.8, 4) is 0 Å². The fourth-order valence-corrected chi connectivity index (χ4v) is 5.40.